The molecule has 1 aliphatic heterocycles. The van der Waals surface area contributed by atoms with Gasteiger partial charge in [0.05, 0.1) is 10.6 Å². The van der Waals surface area contributed by atoms with Crippen molar-refractivity contribution < 1.29 is 17.6 Å². The first-order valence-corrected chi connectivity index (χ1v) is 8.02. The summed E-state index contributed by atoms with van der Waals surface area (Å²) in [4.78, 5) is 11.0. The van der Waals surface area contributed by atoms with E-state index in [-0.39, 0.29) is 16.6 Å². The van der Waals surface area contributed by atoms with Crippen LogP contribution in [0.3, 0.4) is 0 Å². The Morgan fingerprint density at radius 2 is 2.19 bits per heavy atom. The standard InChI is InChI=1S/C13H18FN3O3S/c1-9(18)16-13-7-11(3-4-12(13)14)21(19,20)17(2)10-5-6-15-8-10/h3-4,7,10,15H,5-6,8H2,1-2H3,(H,16,18). The lowest BCUT2D eigenvalue weighted by molar-refractivity contribution is -0.114. The summed E-state index contributed by atoms with van der Waals surface area (Å²) in [5.41, 5.74) is -0.137. The number of anilines is 1. The molecule has 1 saturated heterocycles. The van der Waals surface area contributed by atoms with Crippen molar-refractivity contribution in [3.05, 3.63) is 24.0 Å². The predicted molar refractivity (Wildman–Crippen MR) is 76.9 cm³/mol. The third kappa shape index (κ3) is 3.39. The summed E-state index contributed by atoms with van der Waals surface area (Å²) in [7, 11) is -2.21. The molecule has 0 radical (unpaired) electrons. The number of nitrogens with one attached hydrogen (secondary N) is 2. The molecular formula is C13H18FN3O3S. The lowest BCUT2D eigenvalue weighted by atomic mass is 10.3. The van der Waals surface area contributed by atoms with Gasteiger partial charge < -0.3 is 10.6 Å². The van der Waals surface area contributed by atoms with Crippen LogP contribution in [0.15, 0.2) is 23.1 Å². The number of hydrogen-bond acceptors (Lipinski definition) is 4. The zero-order valence-corrected chi connectivity index (χ0v) is 12.7. The molecule has 2 N–H and O–H groups in total. The molecule has 0 spiro atoms. The van der Waals surface area contributed by atoms with Crippen molar-refractivity contribution in [1.82, 2.24) is 9.62 Å². The second kappa shape index (κ2) is 6.08. The highest BCUT2D eigenvalue weighted by Crippen LogP contribution is 2.24. The summed E-state index contributed by atoms with van der Waals surface area (Å²) in [6.45, 7) is 2.59. The lowest BCUT2D eigenvalue weighted by Gasteiger charge is -2.23. The van der Waals surface area contributed by atoms with E-state index in [2.05, 4.69) is 10.6 Å². The summed E-state index contributed by atoms with van der Waals surface area (Å²) in [6.07, 6.45) is 0.732. The van der Waals surface area contributed by atoms with Crippen molar-refractivity contribution in [2.75, 3.05) is 25.5 Å². The van der Waals surface area contributed by atoms with Gasteiger partial charge in [-0.05, 0) is 31.2 Å². The molecule has 6 nitrogen and oxygen atoms in total. The van der Waals surface area contributed by atoms with Crippen LogP contribution in [0.25, 0.3) is 0 Å². The third-order valence-electron chi connectivity index (χ3n) is 3.47. The summed E-state index contributed by atoms with van der Waals surface area (Å²) >= 11 is 0. The largest absolute Gasteiger partial charge is 0.324 e. The van der Waals surface area contributed by atoms with Gasteiger partial charge in [-0.25, -0.2) is 12.8 Å². The number of carbonyl (C=O) groups excluding carboxylic acids is 1. The number of amides is 1. The number of benzene rings is 1. The fourth-order valence-electron chi connectivity index (χ4n) is 2.26. The Balaban J connectivity index is 2.33. The van der Waals surface area contributed by atoms with Gasteiger partial charge in [0.15, 0.2) is 0 Å². The Hall–Kier alpha value is -1.51. The van der Waals surface area contributed by atoms with Gasteiger partial charge in [-0.1, -0.05) is 0 Å². The van der Waals surface area contributed by atoms with Crippen molar-refractivity contribution >= 4 is 21.6 Å². The van der Waals surface area contributed by atoms with Gasteiger partial charge in [-0.3, -0.25) is 4.79 Å². The first-order valence-electron chi connectivity index (χ1n) is 6.58. The first-order chi connectivity index (χ1) is 9.82. The molecule has 0 saturated carbocycles. The molecule has 1 fully saturated rings. The van der Waals surface area contributed by atoms with E-state index in [4.69, 9.17) is 0 Å². The van der Waals surface area contributed by atoms with Crippen molar-refractivity contribution in [1.29, 1.82) is 0 Å². The molecule has 1 aromatic rings. The van der Waals surface area contributed by atoms with Gasteiger partial charge in [0.25, 0.3) is 0 Å². The van der Waals surface area contributed by atoms with E-state index in [1.807, 2.05) is 0 Å². The second-order valence-electron chi connectivity index (χ2n) is 4.99. The van der Waals surface area contributed by atoms with Crippen LogP contribution >= 0.6 is 0 Å². The van der Waals surface area contributed by atoms with Crippen LogP contribution in [-0.4, -0.2) is 44.8 Å². The Bertz CT molecular complexity index is 642. The zero-order valence-electron chi connectivity index (χ0n) is 11.9. The number of hydrogen-bond donors (Lipinski definition) is 2. The Labute approximate surface area is 123 Å². The molecule has 0 bridgehead atoms. The number of rotatable bonds is 4. The van der Waals surface area contributed by atoms with Gasteiger partial charge in [-0.15, -0.1) is 0 Å². The number of nitrogens with zero attached hydrogens (tertiary/aromatic N) is 1. The molecule has 21 heavy (non-hydrogen) atoms. The van der Waals surface area contributed by atoms with Gasteiger partial charge >= 0.3 is 0 Å². The van der Waals surface area contributed by atoms with Crippen molar-refractivity contribution in [2.45, 2.75) is 24.3 Å². The monoisotopic (exact) mass is 315 g/mol. The molecule has 1 unspecified atom stereocenters. The third-order valence-corrected chi connectivity index (χ3v) is 5.38. The topological polar surface area (TPSA) is 78.5 Å². The second-order valence-corrected chi connectivity index (χ2v) is 6.99. The first kappa shape index (κ1) is 15.9. The van der Waals surface area contributed by atoms with Crippen LogP contribution in [0.2, 0.25) is 0 Å². The fraction of sp³-hybridized carbons (Fsp3) is 0.462. The minimum atomic E-state index is -3.72. The van der Waals surface area contributed by atoms with E-state index >= 15 is 0 Å². The molecular weight excluding hydrogens is 297 g/mol. The SMILES string of the molecule is CC(=O)Nc1cc(S(=O)(=O)N(C)C2CCNC2)ccc1F. The van der Waals surface area contributed by atoms with Crippen LogP contribution in [0, 0.1) is 5.82 Å². The number of carbonyl (C=O) groups is 1. The van der Waals surface area contributed by atoms with Crippen molar-refractivity contribution in [3.63, 3.8) is 0 Å². The quantitative estimate of drug-likeness (QED) is 0.860. The van der Waals surface area contributed by atoms with E-state index < -0.39 is 21.7 Å². The molecule has 2 rings (SSSR count). The van der Waals surface area contributed by atoms with Crippen molar-refractivity contribution in [2.24, 2.45) is 0 Å². The Kier molecular flexibility index (Phi) is 4.60. The van der Waals surface area contributed by atoms with Crippen LogP contribution < -0.4 is 10.6 Å². The molecule has 1 amide bonds. The van der Waals surface area contributed by atoms with Gasteiger partial charge in [0.1, 0.15) is 5.82 Å². The molecule has 1 aromatic carbocycles. The minimum Gasteiger partial charge on any atom is -0.324 e. The summed E-state index contributed by atoms with van der Waals surface area (Å²) < 4.78 is 39.9. The van der Waals surface area contributed by atoms with Gasteiger partial charge in [0, 0.05) is 26.6 Å². The summed E-state index contributed by atoms with van der Waals surface area (Å²) in [6, 6.07) is 3.27. The highest BCUT2D eigenvalue weighted by Gasteiger charge is 2.30. The van der Waals surface area contributed by atoms with E-state index in [0.29, 0.717) is 6.54 Å². The smallest absolute Gasteiger partial charge is 0.243 e. The maximum atomic E-state index is 13.6. The van der Waals surface area contributed by atoms with E-state index in [1.165, 1.54) is 24.3 Å². The fourth-order valence-corrected chi connectivity index (χ4v) is 3.67. The van der Waals surface area contributed by atoms with E-state index in [9.17, 15) is 17.6 Å². The maximum absolute atomic E-state index is 13.6. The van der Waals surface area contributed by atoms with E-state index in [0.717, 1.165) is 25.1 Å². The summed E-state index contributed by atoms with van der Waals surface area (Å²) in [5.74, 6) is -1.13. The average Bonchev–Trinajstić information content (AvgIpc) is 2.93. The zero-order chi connectivity index (χ0) is 15.6. The van der Waals surface area contributed by atoms with Crippen LogP contribution in [0.5, 0.6) is 0 Å². The van der Waals surface area contributed by atoms with Crippen LogP contribution in [0.4, 0.5) is 10.1 Å². The molecule has 116 valence electrons. The Morgan fingerprint density at radius 1 is 1.48 bits per heavy atom. The van der Waals surface area contributed by atoms with E-state index in [1.54, 1.807) is 0 Å². The number of likely N-dealkylation sites (N-methyl/N-ethyl adjacent to an activating group) is 1. The average molecular weight is 315 g/mol. The van der Waals surface area contributed by atoms with Gasteiger partial charge in [-0.2, -0.15) is 4.31 Å². The molecule has 8 heteroatoms. The van der Waals surface area contributed by atoms with Gasteiger partial charge in [0.2, 0.25) is 15.9 Å². The molecule has 0 aromatic heterocycles. The predicted octanol–water partition coefficient (Wildman–Crippen LogP) is 0.766. The summed E-state index contributed by atoms with van der Waals surface area (Å²) in [5, 5.41) is 5.39. The molecule has 1 heterocycles. The number of halogens is 1. The maximum Gasteiger partial charge on any atom is 0.243 e. The molecule has 1 aliphatic rings. The minimum absolute atomic E-state index is 0.0398. The highest BCUT2D eigenvalue weighted by atomic mass is 32.2. The molecule has 0 aliphatic carbocycles. The normalized spacial score (nSPS) is 19.0. The van der Waals surface area contributed by atoms with Crippen molar-refractivity contribution in [3.8, 4) is 0 Å². The number of sulfonamides is 1. The van der Waals surface area contributed by atoms with Crippen LogP contribution in [0.1, 0.15) is 13.3 Å². The highest BCUT2D eigenvalue weighted by molar-refractivity contribution is 7.89. The lowest BCUT2D eigenvalue weighted by Crippen LogP contribution is -2.38. The van der Waals surface area contributed by atoms with Crippen LogP contribution in [-0.2, 0) is 14.8 Å². The Morgan fingerprint density at radius 3 is 2.76 bits per heavy atom. The molecule has 1 atom stereocenters.